The number of halogens is 2. The highest BCUT2D eigenvalue weighted by Gasteiger charge is 2.22. The van der Waals surface area contributed by atoms with E-state index in [4.69, 9.17) is 23.2 Å². The van der Waals surface area contributed by atoms with Gasteiger partial charge in [0.2, 0.25) is 0 Å². The van der Waals surface area contributed by atoms with Gasteiger partial charge in [-0.2, -0.15) is 0 Å². The molecule has 0 saturated carbocycles. The number of carbonyl (C=O) groups is 1. The lowest BCUT2D eigenvalue weighted by Crippen LogP contribution is -2.41. The van der Waals surface area contributed by atoms with Crippen LogP contribution in [0.15, 0.2) is 23.1 Å². The van der Waals surface area contributed by atoms with Crippen molar-refractivity contribution in [3.05, 3.63) is 36.6 Å². The molecule has 0 radical (unpaired) electrons. The molecular weight excluding hydrogens is 363 g/mol. The third-order valence-corrected chi connectivity index (χ3v) is 6.18. The van der Waals surface area contributed by atoms with Gasteiger partial charge in [0, 0.05) is 4.88 Å². The molecule has 2 N–H and O–H groups in total. The summed E-state index contributed by atoms with van der Waals surface area (Å²) in [4.78, 5) is 14.9. The van der Waals surface area contributed by atoms with Crippen LogP contribution in [-0.4, -0.2) is 14.3 Å². The highest BCUT2D eigenvalue weighted by molar-refractivity contribution is 7.89. The van der Waals surface area contributed by atoms with Crippen LogP contribution in [0.25, 0.3) is 0 Å². The fraction of sp³-hybridized carbons (Fsp3) is 0.100. The average molecular weight is 371 g/mol. The van der Waals surface area contributed by atoms with Gasteiger partial charge in [0.15, 0.2) is 0 Å². The summed E-state index contributed by atoms with van der Waals surface area (Å²) in [5.74, 6) is -0.538. The van der Waals surface area contributed by atoms with Crippen LogP contribution in [0.3, 0.4) is 0 Å². The predicted molar refractivity (Wildman–Crippen MR) is 81.2 cm³/mol. The van der Waals surface area contributed by atoms with Gasteiger partial charge in [0.05, 0.1) is 9.21 Å². The number of nitrogens with one attached hydrogen (secondary N) is 2. The van der Waals surface area contributed by atoms with Crippen LogP contribution in [0.2, 0.25) is 8.67 Å². The summed E-state index contributed by atoms with van der Waals surface area (Å²) in [5.41, 5.74) is 2.12. The van der Waals surface area contributed by atoms with Crippen molar-refractivity contribution in [2.75, 3.05) is 0 Å². The molecule has 0 spiro atoms. The molecule has 0 aromatic carbocycles. The van der Waals surface area contributed by atoms with Crippen molar-refractivity contribution in [2.24, 2.45) is 0 Å². The summed E-state index contributed by atoms with van der Waals surface area (Å²) in [5, 5.41) is 0. The number of hydrogen-bond acceptors (Lipinski definition) is 5. The van der Waals surface area contributed by atoms with Crippen LogP contribution in [-0.2, 0) is 10.0 Å². The number of hydrogen-bond donors (Lipinski definition) is 2. The molecular formula is C10H8Cl2N2O3S3. The summed E-state index contributed by atoms with van der Waals surface area (Å²) in [6.07, 6.45) is 0. The van der Waals surface area contributed by atoms with Crippen molar-refractivity contribution in [3.8, 4) is 0 Å². The Hall–Kier alpha value is -0.640. The molecule has 2 aromatic heterocycles. The Labute approximate surface area is 133 Å². The van der Waals surface area contributed by atoms with Gasteiger partial charge in [-0.1, -0.05) is 23.2 Å². The van der Waals surface area contributed by atoms with E-state index in [1.54, 1.807) is 12.1 Å². The summed E-state index contributed by atoms with van der Waals surface area (Å²) < 4.78 is 24.2. The van der Waals surface area contributed by atoms with Gasteiger partial charge in [-0.3, -0.25) is 10.2 Å². The summed E-state index contributed by atoms with van der Waals surface area (Å²) >= 11 is 13.6. The smallest absolute Gasteiger partial charge is 0.273 e. The monoisotopic (exact) mass is 370 g/mol. The number of aryl methyl sites for hydroxylation is 1. The van der Waals surface area contributed by atoms with Crippen LogP contribution >= 0.6 is 45.9 Å². The molecule has 0 atom stereocenters. The fourth-order valence-electron chi connectivity index (χ4n) is 1.30. The quantitative estimate of drug-likeness (QED) is 0.812. The first-order valence-corrected chi connectivity index (χ1v) is 9.00. The molecule has 0 bridgehead atoms. The molecule has 0 fully saturated rings. The zero-order chi connectivity index (χ0) is 14.9. The minimum atomic E-state index is -3.95. The first-order chi connectivity index (χ1) is 9.29. The summed E-state index contributed by atoms with van der Waals surface area (Å²) in [6.45, 7) is 1.85. The van der Waals surface area contributed by atoms with Gasteiger partial charge in [-0.25, -0.2) is 8.42 Å². The van der Waals surface area contributed by atoms with Crippen molar-refractivity contribution in [1.82, 2.24) is 10.3 Å². The van der Waals surface area contributed by atoms with Crippen LogP contribution in [0.5, 0.6) is 0 Å². The molecule has 0 aliphatic carbocycles. The normalized spacial score (nSPS) is 11.6. The molecule has 20 heavy (non-hydrogen) atoms. The molecule has 0 aliphatic heterocycles. The van der Waals surface area contributed by atoms with E-state index in [1.165, 1.54) is 17.4 Å². The van der Waals surface area contributed by atoms with Crippen LogP contribution < -0.4 is 10.3 Å². The minimum Gasteiger partial charge on any atom is -0.273 e. The van der Waals surface area contributed by atoms with Crippen molar-refractivity contribution >= 4 is 61.8 Å². The second-order valence-corrected chi connectivity index (χ2v) is 8.88. The Morgan fingerprint density at radius 3 is 2.45 bits per heavy atom. The average Bonchev–Trinajstić information content (AvgIpc) is 2.93. The molecule has 2 heterocycles. The van der Waals surface area contributed by atoms with Gasteiger partial charge in [0.25, 0.3) is 15.9 Å². The molecule has 1 amide bonds. The summed E-state index contributed by atoms with van der Waals surface area (Å²) in [7, 11) is -3.95. The molecule has 0 unspecified atom stereocenters. The zero-order valence-electron chi connectivity index (χ0n) is 9.94. The van der Waals surface area contributed by atoms with E-state index >= 15 is 0 Å². The lowest BCUT2D eigenvalue weighted by Gasteiger charge is -2.06. The Morgan fingerprint density at radius 2 is 1.95 bits per heavy atom. The van der Waals surface area contributed by atoms with Crippen LogP contribution in [0.1, 0.15) is 14.5 Å². The minimum absolute atomic E-state index is 0.0312. The standard InChI is InChI=1S/C10H8Cl2N2O3S3/c1-5-2-3-6(18-5)10(15)13-14-20(16,17)7-4-8(11)19-9(7)12/h2-4,14H,1H3,(H,13,15). The van der Waals surface area contributed by atoms with E-state index in [-0.39, 0.29) is 13.6 Å². The van der Waals surface area contributed by atoms with Crippen LogP contribution in [0, 0.1) is 6.92 Å². The van der Waals surface area contributed by atoms with Gasteiger partial charge in [-0.15, -0.1) is 27.5 Å². The Morgan fingerprint density at radius 1 is 1.25 bits per heavy atom. The van der Waals surface area contributed by atoms with E-state index in [1.807, 2.05) is 11.8 Å². The van der Waals surface area contributed by atoms with Gasteiger partial charge >= 0.3 is 0 Å². The molecule has 10 heteroatoms. The second-order valence-electron chi connectivity index (χ2n) is 3.66. The first kappa shape index (κ1) is 15.7. The molecule has 2 aromatic rings. The van der Waals surface area contributed by atoms with Crippen LogP contribution in [0.4, 0.5) is 0 Å². The maximum absolute atomic E-state index is 11.9. The maximum atomic E-state index is 11.9. The summed E-state index contributed by atoms with van der Waals surface area (Å²) in [6, 6.07) is 4.60. The van der Waals surface area contributed by atoms with Gasteiger partial charge in [0.1, 0.15) is 9.23 Å². The van der Waals surface area contributed by atoms with E-state index in [9.17, 15) is 13.2 Å². The van der Waals surface area contributed by atoms with E-state index in [0.29, 0.717) is 4.88 Å². The number of thiophene rings is 2. The second kappa shape index (κ2) is 6.00. The number of rotatable bonds is 4. The number of hydrazine groups is 1. The van der Waals surface area contributed by atoms with Crippen molar-refractivity contribution in [1.29, 1.82) is 0 Å². The van der Waals surface area contributed by atoms with E-state index in [0.717, 1.165) is 16.2 Å². The van der Waals surface area contributed by atoms with Crippen molar-refractivity contribution < 1.29 is 13.2 Å². The maximum Gasteiger partial charge on any atom is 0.276 e. The Kier molecular flexibility index (Phi) is 4.73. The highest BCUT2D eigenvalue weighted by Crippen LogP contribution is 2.33. The van der Waals surface area contributed by atoms with E-state index in [2.05, 4.69) is 5.43 Å². The lowest BCUT2D eigenvalue weighted by molar-refractivity contribution is 0.0949. The zero-order valence-corrected chi connectivity index (χ0v) is 13.9. The first-order valence-electron chi connectivity index (χ1n) is 5.13. The van der Waals surface area contributed by atoms with Crippen molar-refractivity contribution in [2.45, 2.75) is 11.8 Å². The van der Waals surface area contributed by atoms with Gasteiger partial charge < -0.3 is 0 Å². The fourth-order valence-corrected chi connectivity index (χ4v) is 5.05. The topological polar surface area (TPSA) is 75.3 Å². The SMILES string of the molecule is Cc1ccc(C(=O)NNS(=O)(=O)c2cc(Cl)sc2Cl)s1. The Balaban J connectivity index is 2.10. The number of sulfonamides is 1. The lowest BCUT2D eigenvalue weighted by atomic mass is 10.4. The largest absolute Gasteiger partial charge is 0.276 e. The molecule has 5 nitrogen and oxygen atoms in total. The van der Waals surface area contributed by atoms with Gasteiger partial charge in [-0.05, 0) is 25.1 Å². The number of amides is 1. The molecule has 0 aliphatic rings. The number of carbonyl (C=O) groups excluding carboxylic acids is 1. The molecule has 2 rings (SSSR count). The van der Waals surface area contributed by atoms with E-state index < -0.39 is 15.9 Å². The highest BCUT2D eigenvalue weighted by atomic mass is 35.5. The molecule has 108 valence electrons. The Bertz CT molecular complexity index is 752. The molecule has 0 saturated heterocycles. The third kappa shape index (κ3) is 3.51. The predicted octanol–water partition coefficient (Wildman–Crippen LogP) is 3.05. The van der Waals surface area contributed by atoms with Crippen molar-refractivity contribution in [3.63, 3.8) is 0 Å². The third-order valence-electron chi connectivity index (χ3n) is 2.18.